The molecule has 6 heteroatoms. The van der Waals surface area contributed by atoms with Gasteiger partial charge in [0.1, 0.15) is 0 Å². The summed E-state index contributed by atoms with van der Waals surface area (Å²) in [6.45, 7) is 2.89. The van der Waals surface area contributed by atoms with Crippen LogP contribution in [0.1, 0.15) is 44.1 Å². The van der Waals surface area contributed by atoms with E-state index in [1.54, 1.807) is 16.4 Å². The lowest BCUT2D eigenvalue weighted by Gasteiger charge is -2.33. The third-order valence-corrected chi connectivity index (χ3v) is 8.45. The molecule has 26 heavy (non-hydrogen) atoms. The number of nitrogens with zero attached hydrogens (tertiary/aromatic N) is 1. The van der Waals surface area contributed by atoms with Crippen molar-refractivity contribution < 1.29 is 13.2 Å². The average molecular weight is 377 g/mol. The van der Waals surface area contributed by atoms with Crippen molar-refractivity contribution in [2.45, 2.75) is 56.4 Å². The first-order valence-corrected chi connectivity index (χ1v) is 11.2. The van der Waals surface area contributed by atoms with Crippen LogP contribution in [-0.4, -0.2) is 37.8 Å². The Morgan fingerprint density at radius 2 is 1.73 bits per heavy atom. The molecule has 0 aromatic heterocycles. The number of carbonyl (C=O) groups is 1. The molecule has 1 aromatic rings. The van der Waals surface area contributed by atoms with Gasteiger partial charge in [0.25, 0.3) is 0 Å². The Bertz CT molecular complexity index is 767. The van der Waals surface area contributed by atoms with Gasteiger partial charge < -0.3 is 5.32 Å². The Balaban J connectivity index is 1.32. The number of fused-ring (bicyclic) bond motifs is 2. The van der Waals surface area contributed by atoms with E-state index in [4.69, 9.17) is 0 Å². The number of carbonyl (C=O) groups excluding carboxylic acids is 1. The minimum Gasteiger partial charge on any atom is -0.353 e. The summed E-state index contributed by atoms with van der Waals surface area (Å²) in [5.74, 6) is 1.75. The quantitative estimate of drug-likeness (QED) is 0.879. The van der Waals surface area contributed by atoms with Gasteiger partial charge in [0, 0.05) is 25.0 Å². The molecule has 1 N–H and O–H groups in total. The Morgan fingerprint density at radius 3 is 2.31 bits per heavy atom. The van der Waals surface area contributed by atoms with Gasteiger partial charge in [0.15, 0.2) is 0 Å². The topological polar surface area (TPSA) is 66.5 Å². The van der Waals surface area contributed by atoms with E-state index >= 15 is 0 Å². The van der Waals surface area contributed by atoms with Crippen LogP contribution in [0.5, 0.6) is 0 Å². The van der Waals surface area contributed by atoms with Gasteiger partial charge in [-0.05, 0) is 63.0 Å². The molecular weight excluding hydrogens is 348 g/mol. The fourth-order valence-corrected chi connectivity index (χ4v) is 6.44. The highest BCUT2D eigenvalue weighted by atomic mass is 32.2. The third-order valence-electron chi connectivity index (χ3n) is 6.53. The van der Waals surface area contributed by atoms with Crippen LogP contribution in [0.2, 0.25) is 0 Å². The molecule has 3 unspecified atom stereocenters. The van der Waals surface area contributed by atoms with Gasteiger partial charge in [0.05, 0.1) is 4.90 Å². The van der Waals surface area contributed by atoms with E-state index in [2.05, 4.69) is 5.32 Å². The van der Waals surface area contributed by atoms with Gasteiger partial charge in [-0.25, -0.2) is 8.42 Å². The zero-order chi connectivity index (χ0) is 18.3. The van der Waals surface area contributed by atoms with Crippen LogP contribution in [-0.2, 0) is 14.8 Å². The average Bonchev–Trinajstić information content (AvgIpc) is 3.26. The van der Waals surface area contributed by atoms with Gasteiger partial charge in [-0.3, -0.25) is 4.79 Å². The fourth-order valence-electron chi connectivity index (χ4n) is 4.97. The number of benzene rings is 1. The fraction of sp³-hybridized carbons (Fsp3) is 0.650. The van der Waals surface area contributed by atoms with Gasteiger partial charge in [0.2, 0.25) is 15.9 Å². The number of amides is 1. The van der Waals surface area contributed by atoms with Crippen molar-refractivity contribution in [3.8, 4) is 0 Å². The maximum atomic E-state index is 12.8. The van der Waals surface area contributed by atoms with Gasteiger partial charge in [-0.1, -0.05) is 24.1 Å². The van der Waals surface area contributed by atoms with E-state index < -0.39 is 10.0 Å². The number of aryl methyl sites for hydroxylation is 1. The van der Waals surface area contributed by atoms with Crippen LogP contribution in [0.4, 0.5) is 0 Å². The molecule has 1 heterocycles. The molecule has 4 rings (SSSR count). The second-order valence-corrected chi connectivity index (χ2v) is 10.2. The Morgan fingerprint density at radius 1 is 1.04 bits per heavy atom. The van der Waals surface area contributed by atoms with Crippen molar-refractivity contribution in [2.75, 3.05) is 13.1 Å². The van der Waals surface area contributed by atoms with Crippen LogP contribution in [0, 0.1) is 24.7 Å². The second kappa shape index (κ2) is 6.97. The standard InChI is InChI=1S/C20H28N2O3S/c1-14-2-6-18(7-3-14)26(24,25)22-10-8-17(9-11-22)21-20(23)19-13-15-4-5-16(19)12-15/h2-3,6-7,15-17,19H,4-5,8-13H2,1H3,(H,21,23). The lowest BCUT2D eigenvalue weighted by molar-refractivity contribution is -0.127. The highest BCUT2D eigenvalue weighted by Gasteiger charge is 2.43. The van der Waals surface area contributed by atoms with E-state index in [0.717, 1.165) is 17.9 Å². The maximum absolute atomic E-state index is 12.8. The molecule has 2 saturated carbocycles. The van der Waals surface area contributed by atoms with E-state index in [0.29, 0.717) is 36.7 Å². The molecular formula is C20H28N2O3S. The minimum atomic E-state index is -3.43. The van der Waals surface area contributed by atoms with Crippen LogP contribution in [0.3, 0.4) is 0 Å². The SMILES string of the molecule is Cc1ccc(S(=O)(=O)N2CCC(NC(=O)C3CC4CCC3C4)CC2)cc1. The van der Waals surface area contributed by atoms with Crippen molar-refractivity contribution in [1.82, 2.24) is 9.62 Å². The van der Waals surface area contributed by atoms with Crippen molar-refractivity contribution >= 4 is 15.9 Å². The van der Waals surface area contributed by atoms with Crippen molar-refractivity contribution in [2.24, 2.45) is 17.8 Å². The highest BCUT2D eigenvalue weighted by Crippen LogP contribution is 2.48. The summed E-state index contributed by atoms with van der Waals surface area (Å²) in [5, 5.41) is 3.20. The van der Waals surface area contributed by atoms with Gasteiger partial charge in [-0.15, -0.1) is 0 Å². The monoisotopic (exact) mass is 376 g/mol. The molecule has 3 fully saturated rings. The number of nitrogens with one attached hydrogen (secondary N) is 1. The first kappa shape index (κ1) is 18.0. The molecule has 1 aliphatic heterocycles. The normalized spacial score (nSPS) is 29.8. The molecule has 3 aliphatic rings. The summed E-state index contributed by atoms with van der Waals surface area (Å²) < 4.78 is 27.1. The molecule has 142 valence electrons. The molecule has 2 aliphatic carbocycles. The first-order valence-electron chi connectivity index (χ1n) is 9.80. The zero-order valence-corrected chi connectivity index (χ0v) is 16.2. The minimum absolute atomic E-state index is 0.103. The van der Waals surface area contributed by atoms with E-state index in [1.807, 2.05) is 19.1 Å². The van der Waals surface area contributed by atoms with Crippen LogP contribution in [0.15, 0.2) is 29.2 Å². The summed E-state index contributed by atoms with van der Waals surface area (Å²) in [6, 6.07) is 7.11. The van der Waals surface area contributed by atoms with E-state index in [1.165, 1.54) is 19.3 Å². The predicted molar refractivity (Wildman–Crippen MR) is 100 cm³/mol. The number of piperidine rings is 1. The molecule has 5 nitrogen and oxygen atoms in total. The van der Waals surface area contributed by atoms with Crippen LogP contribution in [0.25, 0.3) is 0 Å². The smallest absolute Gasteiger partial charge is 0.243 e. The van der Waals surface area contributed by atoms with E-state index in [9.17, 15) is 13.2 Å². The number of hydrogen-bond acceptors (Lipinski definition) is 3. The largest absolute Gasteiger partial charge is 0.353 e. The first-order chi connectivity index (χ1) is 12.4. The third kappa shape index (κ3) is 3.41. The molecule has 1 amide bonds. The van der Waals surface area contributed by atoms with Crippen molar-refractivity contribution in [1.29, 1.82) is 0 Å². The number of sulfonamides is 1. The van der Waals surface area contributed by atoms with Gasteiger partial charge in [-0.2, -0.15) is 4.31 Å². The zero-order valence-electron chi connectivity index (χ0n) is 15.4. The lowest BCUT2D eigenvalue weighted by Crippen LogP contribution is -2.48. The maximum Gasteiger partial charge on any atom is 0.243 e. The van der Waals surface area contributed by atoms with Gasteiger partial charge >= 0.3 is 0 Å². The number of hydrogen-bond donors (Lipinski definition) is 1. The number of rotatable bonds is 4. The molecule has 0 spiro atoms. The Labute approximate surface area is 156 Å². The molecule has 1 aromatic carbocycles. The molecule has 3 atom stereocenters. The summed E-state index contributed by atoms with van der Waals surface area (Å²) in [6.07, 6.45) is 6.16. The lowest BCUT2D eigenvalue weighted by atomic mass is 9.88. The Kier molecular flexibility index (Phi) is 4.82. The van der Waals surface area contributed by atoms with Crippen molar-refractivity contribution in [3.05, 3.63) is 29.8 Å². The second-order valence-electron chi connectivity index (χ2n) is 8.28. The molecule has 1 saturated heterocycles. The summed E-state index contributed by atoms with van der Waals surface area (Å²) in [5.41, 5.74) is 1.05. The summed E-state index contributed by atoms with van der Waals surface area (Å²) >= 11 is 0. The predicted octanol–water partition coefficient (Wildman–Crippen LogP) is 2.70. The van der Waals surface area contributed by atoms with Crippen molar-refractivity contribution in [3.63, 3.8) is 0 Å². The Hall–Kier alpha value is -1.40. The highest BCUT2D eigenvalue weighted by molar-refractivity contribution is 7.89. The van der Waals surface area contributed by atoms with Crippen LogP contribution >= 0.6 is 0 Å². The van der Waals surface area contributed by atoms with E-state index in [-0.39, 0.29) is 17.9 Å². The molecule has 2 bridgehead atoms. The van der Waals surface area contributed by atoms with Crippen LogP contribution < -0.4 is 5.32 Å². The molecule has 0 radical (unpaired) electrons. The summed E-state index contributed by atoms with van der Waals surface area (Å²) in [4.78, 5) is 12.9. The summed E-state index contributed by atoms with van der Waals surface area (Å²) in [7, 11) is -3.43.